The maximum Gasteiger partial charge on any atom is 0.243 e. The lowest BCUT2D eigenvalue weighted by molar-refractivity contribution is -0.142. The zero-order valence-electron chi connectivity index (χ0n) is 30.4. The van der Waals surface area contributed by atoms with Gasteiger partial charge in [-0.3, -0.25) is 24.0 Å². The Balaban J connectivity index is 0. The van der Waals surface area contributed by atoms with E-state index in [0.29, 0.717) is 24.3 Å². The lowest BCUT2D eigenvalue weighted by atomic mass is 9.83. The first-order valence-corrected chi connectivity index (χ1v) is 17.3. The van der Waals surface area contributed by atoms with Crippen LogP contribution in [0, 0.1) is 17.3 Å². The number of nitrogens with zero attached hydrogens (tertiary/aromatic N) is 1. The van der Waals surface area contributed by atoms with Crippen molar-refractivity contribution >= 4 is 30.3 Å². The second-order valence-corrected chi connectivity index (χ2v) is 13.8. The fourth-order valence-corrected chi connectivity index (χ4v) is 5.70. The number of nitrogens with one attached hydrogen (secondary N) is 3. The van der Waals surface area contributed by atoms with Gasteiger partial charge in [0.1, 0.15) is 6.04 Å². The number of rotatable bonds is 10. The summed E-state index contributed by atoms with van der Waals surface area (Å²) in [5.41, 5.74) is 4.80. The Morgan fingerprint density at radius 2 is 1.44 bits per heavy atom. The Labute approximate surface area is 275 Å². The average molecular weight is 640 g/mol. The van der Waals surface area contributed by atoms with Gasteiger partial charge < -0.3 is 26.6 Å². The highest BCUT2D eigenvalue weighted by Gasteiger charge is 2.39. The van der Waals surface area contributed by atoms with Crippen molar-refractivity contribution in [2.24, 2.45) is 23.0 Å². The van der Waals surface area contributed by atoms with Crippen LogP contribution in [-0.2, 0) is 24.0 Å². The maximum absolute atomic E-state index is 13.0. The molecule has 5 N–H and O–H groups in total. The van der Waals surface area contributed by atoms with Gasteiger partial charge in [0, 0.05) is 12.6 Å². The normalized spacial score (nSPS) is 19.8. The van der Waals surface area contributed by atoms with E-state index in [2.05, 4.69) is 63.2 Å². The smallest absolute Gasteiger partial charge is 0.243 e. The molecule has 10 nitrogen and oxygen atoms in total. The molecule has 0 aromatic carbocycles. The molecule has 2 saturated carbocycles. The Morgan fingerprint density at radius 1 is 0.911 bits per heavy atom. The molecule has 3 amide bonds. The number of hydrogen-bond donors (Lipinski definition) is 4. The first kappa shape index (κ1) is 44.8. The number of carbonyl (C=O) groups is 5. The van der Waals surface area contributed by atoms with Crippen molar-refractivity contribution in [2.75, 3.05) is 20.6 Å². The first-order chi connectivity index (χ1) is 21.3. The molecule has 0 spiro atoms. The Kier molecular flexibility index (Phi) is 25.7. The highest BCUT2D eigenvalue weighted by molar-refractivity contribution is 6.27. The summed E-state index contributed by atoms with van der Waals surface area (Å²) >= 11 is 0. The van der Waals surface area contributed by atoms with Crippen LogP contribution in [0.15, 0.2) is 0 Å². The summed E-state index contributed by atoms with van der Waals surface area (Å²) in [5, 5.41) is 8.43. The summed E-state index contributed by atoms with van der Waals surface area (Å²) in [7, 11) is 3.30. The molecule has 264 valence electrons. The van der Waals surface area contributed by atoms with Crippen molar-refractivity contribution < 1.29 is 24.0 Å². The largest absolute Gasteiger partial charge is 0.356 e. The molecule has 4 atom stereocenters. The van der Waals surface area contributed by atoms with E-state index in [-0.39, 0.29) is 30.2 Å². The van der Waals surface area contributed by atoms with Crippen molar-refractivity contribution in [3.8, 4) is 0 Å². The summed E-state index contributed by atoms with van der Waals surface area (Å²) in [6, 6.07) is -1.39. The minimum absolute atomic E-state index is 0.0265. The second kappa shape index (κ2) is 25.8. The predicted molar refractivity (Wildman–Crippen MR) is 185 cm³/mol. The van der Waals surface area contributed by atoms with Crippen LogP contribution >= 0.6 is 0 Å². The highest BCUT2D eigenvalue weighted by atomic mass is 16.2. The fraction of sp³-hybridized carbons (Fsp3) is 0.857. The third kappa shape index (κ3) is 19.7. The van der Waals surface area contributed by atoms with E-state index in [1.165, 1.54) is 46.1 Å². The van der Waals surface area contributed by atoms with Gasteiger partial charge in [-0.05, 0) is 77.3 Å². The quantitative estimate of drug-likeness (QED) is 0.199. The molecule has 0 bridgehead atoms. The number of likely N-dealkylation sites (N-methyl/N-ethyl adjacent to an activating group) is 1. The van der Waals surface area contributed by atoms with Crippen molar-refractivity contribution in [1.29, 1.82) is 0 Å². The van der Waals surface area contributed by atoms with Crippen molar-refractivity contribution in [3.05, 3.63) is 0 Å². The number of likely N-dealkylation sites (tertiary alicyclic amines) is 1. The first-order valence-electron chi connectivity index (χ1n) is 17.3. The standard InChI is InChI=1S/C18H29N3O4.C8H17NO.C5H10.C3H8.CH5N/c1-12(15(23)11-22)20-17(24)14-9-6-10-21(14)18(25)16(19-2)13-7-4-3-5-8-13;1-7(9-6-10)5-8(2,3)4;1-5-3-2-4-5;1-3-2;1-2/h11-14,16,19H,3-10H2,1-2H3,(H,20,24);6-7H,5H2,1-4H3,(H,9,10);5H,2-4H2,1H3;3H2,1-2H3;2H2,1H3/t12?,14?,16-;;;;/m0..../s1. The molecular formula is C35H69N5O5. The Hall–Kier alpha value is -2.33. The summed E-state index contributed by atoms with van der Waals surface area (Å²) < 4.78 is 0. The number of nitrogens with two attached hydrogens (primary N) is 1. The molecule has 1 heterocycles. The van der Waals surface area contributed by atoms with Crippen LogP contribution < -0.4 is 21.7 Å². The van der Waals surface area contributed by atoms with Crippen LogP contribution in [0.25, 0.3) is 0 Å². The van der Waals surface area contributed by atoms with Crippen molar-refractivity contribution in [1.82, 2.24) is 20.9 Å². The third-order valence-corrected chi connectivity index (χ3v) is 8.10. The number of amides is 3. The lowest BCUT2D eigenvalue weighted by Crippen LogP contribution is -2.55. The van der Waals surface area contributed by atoms with Gasteiger partial charge >= 0.3 is 0 Å². The molecule has 3 aliphatic rings. The molecule has 1 saturated heterocycles. The molecule has 3 fully saturated rings. The molecule has 0 radical (unpaired) electrons. The molecule has 3 unspecified atom stereocenters. The Bertz CT molecular complexity index is 822. The summed E-state index contributed by atoms with van der Waals surface area (Å²) in [6.07, 6.45) is 14.6. The molecule has 0 aromatic rings. The molecule has 1 aliphatic heterocycles. The van der Waals surface area contributed by atoms with E-state index in [1.807, 2.05) is 6.92 Å². The van der Waals surface area contributed by atoms with Gasteiger partial charge in [-0.15, -0.1) is 0 Å². The van der Waals surface area contributed by atoms with Gasteiger partial charge in [-0.25, -0.2) is 0 Å². The van der Waals surface area contributed by atoms with Crippen molar-refractivity contribution in [3.63, 3.8) is 0 Å². The third-order valence-electron chi connectivity index (χ3n) is 8.10. The number of carbonyl (C=O) groups excluding carboxylic acids is 5. The van der Waals surface area contributed by atoms with Gasteiger partial charge in [-0.2, -0.15) is 0 Å². The van der Waals surface area contributed by atoms with E-state index < -0.39 is 17.9 Å². The topological polar surface area (TPSA) is 151 Å². The fourth-order valence-electron chi connectivity index (χ4n) is 5.70. The van der Waals surface area contributed by atoms with E-state index in [9.17, 15) is 24.0 Å². The number of ketones is 1. The van der Waals surface area contributed by atoms with Crippen molar-refractivity contribution in [2.45, 2.75) is 157 Å². The van der Waals surface area contributed by atoms with Gasteiger partial charge in [0.25, 0.3) is 0 Å². The number of Topliss-reactive ketones (excluding diaryl/α,β-unsaturated/α-hetero) is 1. The zero-order chi connectivity index (χ0) is 35.0. The van der Waals surface area contributed by atoms with Gasteiger partial charge in [-0.1, -0.05) is 86.5 Å². The van der Waals surface area contributed by atoms with Gasteiger partial charge in [0.05, 0.1) is 12.1 Å². The van der Waals surface area contributed by atoms with E-state index >= 15 is 0 Å². The van der Waals surface area contributed by atoms with Gasteiger partial charge in [0.2, 0.25) is 24.0 Å². The Morgan fingerprint density at radius 3 is 1.84 bits per heavy atom. The second-order valence-electron chi connectivity index (χ2n) is 13.8. The minimum atomic E-state index is -0.860. The van der Waals surface area contributed by atoms with E-state index in [0.717, 1.165) is 50.9 Å². The monoisotopic (exact) mass is 640 g/mol. The van der Waals surface area contributed by atoms with Crippen LogP contribution in [0.1, 0.15) is 132 Å². The zero-order valence-corrected chi connectivity index (χ0v) is 30.4. The van der Waals surface area contributed by atoms with E-state index in [4.69, 9.17) is 0 Å². The average Bonchev–Trinajstić information content (AvgIpc) is 3.48. The molecule has 3 rings (SSSR count). The van der Waals surface area contributed by atoms with Crippen LogP contribution in [0.2, 0.25) is 0 Å². The van der Waals surface area contributed by atoms with Crippen LogP contribution in [0.4, 0.5) is 0 Å². The predicted octanol–water partition coefficient (Wildman–Crippen LogP) is 4.77. The SMILES string of the molecule is CC(CC(C)(C)C)NC=O.CC1CCC1.CCC.CN.CN[C@H](C(=O)N1CCCC1C(=O)NC(C)C(=O)C=O)C1CCCCC1. The summed E-state index contributed by atoms with van der Waals surface area (Å²) in [6.45, 7) is 17.1. The molecule has 45 heavy (non-hydrogen) atoms. The molecule has 0 aromatic heterocycles. The van der Waals surface area contributed by atoms with Crippen LogP contribution in [0.5, 0.6) is 0 Å². The summed E-state index contributed by atoms with van der Waals surface area (Å²) in [4.78, 5) is 59.1. The van der Waals surface area contributed by atoms with Gasteiger partial charge in [0.15, 0.2) is 6.29 Å². The molecular weight excluding hydrogens is 570 g/mol. The molecule has 10 heteroatoms. The van der Waals surface area contributed by atoms with Crippen LogP contribution in [0.3, 0.4) is 0 Å². The minimum Gasteiger partial charge on any atom is -0.356 e. The number of hydrogen-bond acceptors (Lipinski definition) is 7. The number of aldehydes is 1. The summed E-state index contributed by atoms with van der Waals surface area (Å²) in [5.74, 6) is 0.328. The maximum atomic E-state index is 13.0. The lowest BCUT2D eigenvalue weighted by Gasteiger charge is -2.34. The van der Waals surface area contributed by atoms with E-state index in [1.54, 1.807) is 11.9 Å². The molecule has 2 aliphatic carbocycles. The van der Waals surface area contributed by atoms with Crippen LogP contribution in [-0.4, -0.2) is 80.0 Å². The highest BCUT2D eigenvalue weighted by Crippen LogP contribution is 2.29.